The number of aryl methyl sites for hydroxylation is 3. The van der Waals surface area contributed by atoms with Crippen molar-refractivity contribution in [3.05, 3.63) is 52.2 Å². The van der Waals surface area contributed by atoms with E-state index in [-0.39, 0.29) is 53.8 Å². The standard InChI is InChI=1S/C21H20ClF4N5O2/c1-12-7-14(28-29-18(12)16-11-31(2)30-19(16)21(24,25)26)3-4-15(32)8-13-9-17(33-6-5-23)20(22)27-10-13/h7,9-11H,3-6,8H2,1-2H3. The lowest BCUT2D eigenvalue weighted by atomic mass is 10.0. The van der Waals surface area contributed by atoms with Crippen LogP contribution in [0.5, 0.6) is 5.75 Å². The number of nitrogens with zero attached hydrogens (tertiary/aromatic N) is 5. The number of hydrogen-bond donors (Lipinski definition) is 0. The fourth-order valence-electron chi connectivity index (χ4n) is 3.20. The first-order chi connectivity index (χ1) is 15.6. The van der Waals surface area contributed by atoms with Gasteiger partial charge in [0.15, 0.2) is 16.6 Å². The third-order valence-corrected chi connectivity index (χ3v) is 4.93. The lowest BCUT2D eigenvalue weighted by Crippen LogP contribution is -2.10. The second-order valence-corrected chi connectivity index (χ2v) is 7.67. The van der Waals surface area contributed by atoms with Crippen LogP contribution in [-0.2, 0) is 30.9 Å². The van der Waals surface area contributed by atoms with E-state index in [0.717, 1.165) is 4.68 Å². The second kappa shape index (κ2) is 10.2. The third-order valence-electron chi connectivity index (χ3n) is 4.65. The molecule has 12 heteroatoms. The van der Waals surface area contributed by atoms with Gasteiger partial charge in [-0.3, -0.25) is 9.48 Å². The van der Waals surface area contributed by atoms with E-state index < -0.39 is 18.5 Å². The molecule has 0 atom stereocenters. The Balaban J connectivity index is 1.66. The summed E-state index contributed by atoms with van der Waals surface area (Å²) in [6, 6.07) is 3.14. The maximum atomic E-state index is 13.3. The van der Waals surface area contributed by atoms with Gasteiger partial charge in [-0.1, -0.05) is 11.6 Å². The summed E-state index contributed by atoms with van der Waals surface area (Å²) < 4.78 is 58.3. The molecule has 0 N–H and O–H groups in total. The molecule has 0 bridgehead atoms. The molecule has 3 aromatic heterocycles. The maximum absolute atomic E-state index is 13.3. The Morgan fingerprint density at radius 2 is 2.00 bits per heavy atom. The third kappa shape index (κ3) is 6.25. The Kier molecular flexibility index (Phi) is 7.62. The van der Waals surface area contributed by atoms with Crippen LogP contribution >= 0.6 is 11.6 Å². The smallest absolute Gasteiger partial charge is 0.435 e. The predicted molar refractivity (Wildman–Crippen MR) is 112 cm³/mol. The van der Waals surface area contributed by atoms with Crippen molar-refractivity contribution in [1.82, 2.24) is 25.0 Å². The van der Waals surface area contributed by atoms with Gasteiger partial charge in [0.25, 0.3) is 0 Å². The number of rotatable bonds is 9. The number of halogens is 5. The highest BCUT2D eigenvalue weighted by Gasteiger charge is 2.38. The van der Waals surface area contributed by atoms with Gasteiger partial charge < -0.3 is 4.74 Å². The first-order valence-electron chi connectivity index (χ1n) is 9.87. The van der Waals surface area contributed by atoms with Crippen molar-refractivity contribution in [3.63, 3.8) is 0 Å². The van der Waals surface area contributed by atoms with Gasteiger partial charge in [-0.25, -0.2) is 9.37 Å². The van der Waals surface area contributed by atoms with Crippen molar-refractivity contribution in [2.75, 3.05) is 13.3 Å². The van der Waals surface area contributed by atoms with Crippen LogP contribution in [0, 0.1) is 6.92 Å². The number of pyridine rings is 1. The highest BCUT2D eigenvalue weighted by Crippen LogP contribution is 2.36. The van der Waals surface area contributed by atoms with Crippen molar-refractivity contribution in [2.45, 2.75) is 32.4 Å². The summed E-state index contributed by atoms with van der Waals surface area (Å²) >= 11 is 5.89. The molecule has 0 saturated heterocycles. The Hall–Kier alpha value is -3.08. The van der Waals surface area contributed by atoms with E-state index in [1.165, 1.54) is 25.5 Å². The van der Waals surface area contributed by atoms with Crippen LogP contribution in [0.15, 0.2) is 24.5 Å². The van der Waals surface area contributed by atoms with Crippen molar-refractivity contribution in [1.29, 1.82) is 0 Å². The van der Waals surface area contributed by atoms with Gasteiger partial charge in [0.05, 0.1) is 17.0 Å². The zero-order valence-electron chi connectivity index (χ0n) is 17.8. The minimum atomic E-state index is -4.62. The molecule has 0 aromatic carbocycles. The lowest BCUT2D eigenvalue weighted by Gasteiger charge is -2.09. The van der Waals surface area contributed by atoms with Crippen LogP contribution in [-0.4, -0.2) is 44.0 Å². The van der Waals surface area contributed by atoms with Gasteiger partial charge in [-0.2, -0.15) is 23.4 Å². The maximum Gasteiger partial charge on any atom is 0.435 e. The summed E-state index contributed by atoms with van der Waals surface area (Å²) in [6.07, 6.45) is -1.48. The molecule has 0 aliphatic rings. The molecule has 0 radical (unpaired) electrons. The SMILES string of the molecule is Cc1cc(CCC(=O)Cc2cnc(Cl)c(OCCF)c2)nnc1-c1cn(C)nc1C(F)(F)F. The van der Waals surface area contributed by atoms with Gasteiger partial charge in [-0.15, -0.1) is 5.10 Å². The molecule has 0 aliphatic heterocycles. The molecule has 0 fully saturated rings. The largest absolute Gasteiger partial charge is 0.488 e. The molecule has 3 heterocycles. The summed E-state index contributed by atoms with van der Waals surface area (Å²) in [7, 11) is 1.40. The van der Waals surface area contributed by atoms with E-state index in [0.29, 0.717) is 16.8 Å². The van der Waals surface area contributed by atoms with Crippen LogP contribution in [0.25, 0.3) is 11.3 Å². The lowest BCUT2D eigenvalue weighted by molar-refractivity contribution is -0.141. The van der Waals surface area contributed by atoms with E-state index in [1.807, 2.05) is 0 Å². The van der Waals surface area contributed by atoms with E-state index in [9.17, 15) is 22.4 Å². The quantitative estimate of drug-likeness (QED) is 0.331. The fraction of sp³-hybridized carbons (Fsp3) is 0.381. The molecule has 33 heavy (non-hydrogen) atoms. The van der Waals surface area contributed by atoms with Crippen LogP contribution in [0.3, 0.4) is 0 Å². The first kappa shape index (κ1) is 24.6. The van der Waals surface area contributed by atoms with E-state index >= 15 is 0 Å². The van der Waals surface area contributed by atoms with Crippen molar-refractivity contribution in [2.24, 2.45) is 7.05 Å². The summed E-state index contributed by atoms with van der Waals surface area (Å²) in [6.45, 7) is 0.772. The molecule has 0 amide bonds. The Labute approximate surface area is 191 Å². The summed E-state index contributed by atoms with van der Waals surface area (Å²) in [5, 5.41) is 11.5. The average molecular weight is 486 g/mol. The van der Waals surface area contributed by atoms with Crippen molar-refractivity contribution < 1.29 is 27.1 Å². The average Bonchev–Trinajstić information content (AvgIpc) is 3.14. The Bertz CT molecular complexity index is 1150. The highest BCUT2D eigenvalue weighted by molar-refractivity contribution is 6.30. The number of aromatic nitrogens is 5. The van der Waals surface area contributed by atoms with Crippen LogP contribution < -0.4 is 4.74 Å². The number of Topliss-reactive ketones (excluding diaryl/α,β-unsaturated/α-hetero) is 1. The molecule has 0 unspecified atom stereocenters. The number of ketones is 1. The van der Waals surface area contributed by atoms with Crippen LogP contribution in [0.1, 0.15) is 28.9 Å². The first-order valence-corrected chi connectivity index (χ1v) is 10.3. The van der Waals surface area contributed by atoms with Gasteiger partial charge in [-0.05, 0) is 36.6 Å². The van der Waals surface area contributed by atoms with Gasteiger partial charge in [0.2, 0.25) is 0 Å². The zero-order valence-corrected chi connectivity index (χ0v) is 18.5. The molecule has 0 aliphatic carbocycles. The normalized spacial score (nSPS) is 11.6. The number of hydrogen-bond acceptors (Lipinski definition) is 6. The van der Waals surface area contributed by atoms with Crippen LogP contribution in [0.4, 0.5) is 17.6 Å². The fourth-order valence-corrected chi connectivity index (χ4v) is 3.36. The van der Waals surface area contributed by atoms with E-state index in [1.54, 1.807) is 13.0 Å². The number of carbonyl (C=O) groups is 1. The van der Waals surface area contributed by atoms with Gasteiger partial charge in [0, 0.05) is 32.3 Å². The molecule has 3 rings (SSSR count). The molecule has 7 nitrogen and oxygen atoms in total. The molecule has 0 saturated carbocycles. The molecule has 3 aromatic rings. The predicted octanol–water partition coefficient (Wildman–Crippen LogP) is 4.35. The zero-order chi connectivity index (χ0) is 24.2. The van der Waals surface area contributed by atoms with E-state index in [4.69, 9.17) is 16.3 Å². The minimum Gasteiger partial charge on any atom is -0.488 e. The minimum absolute atomic E-state index is 0.0608. The number of carbonyl (C=O) groups excluding carboxylic acids is 1. The number of ether oxygens (including phenoxy) is 1. The topological polar surface area (TPSA) is 82.8 Å². The molecule has 0 spiro atoms. The molecular formula is C21H20ClF4N5O2. The summed E-state index contributed by atoms with van der Waals surface area (Å²) in [5.41, 5.74) is 0.423. The van der Waals surface area contributed by atoms with Gasteiger partial charge in [0.1, 0.15) is 19.1 Å². The second-order valence-electron chi connectivity index (χ2n) is 7.32. The molecule has 176 valence electrons. The number of alkyl halides is 4. The van der Waals surface area contributed by atoms with Crippen LogP contribution in [0.2, 0.25) is 5.15 Å². The van der Waals surface area contributed by atoms with Gasteiger partial charge >= 0.3 is 6.18 Å². The van der Waals surface area contributed by atoms with E-state index in [2.05, 4.69) is 20.3 Å². The Morgan fingerprint density at radius 1 is 1.24 bits per heavy atom. The monoisotopic (exact) mass is 485 g/mol. The van der Waals surface area contributed by atoms with Crippen molar-refractivity contribution >= 4 is 17.4 Å². The van der Waals surface area contributed by atoms with Crippen molar-refractivity contribution in [3.8, 4) is 17.0 Å². The highest BCUT2D eigenvalue weighted by atomic mass is 35.5. The molecular weight excluding hydrogens is 466 g/mol. The summed E-state index contributed by atoms with van der Waals surface area (Å²) in [5.74, 6) is 0.0797. The summed E-state index contributed by atoms with van der Waals surface area (Å²) in [4.78, 5) is 16.3. The Morgan fingerprint density at radius 3 is 2.67 bits per heavy atom.